The molecule has 2 aromatic carbocycles. The Morgan fingerprint density at radius 3 is 2.25 bits per heavy atom. The van der Waals surface area contributed by atoms with Crippen molar-refractivity contribution in [2.24, 2.45) is 0 Å². The van der Waals surface area contributed by atoms with E-state index in [0.29, 0.717) is 11.1 Å². The van der Waals surface area contributed by atoms with E-state index >= 15 is 0 Å². The maximum atomic E-state index is 12.0. The van der Waals surface area contributed by atoms with Crippen molar-refractivity contribution in [3.05, 3.63) is 69.7 Å². The number of aryl methyl sites for hydroxylation is 1. The molecular formula is C18H17BrN2O3. The maximum Gasteiger partial charge on any atom is 0.269 e. The fourth-order valence-electron chi connectivity index (χ4n) is 2.09. The number of ketones is 1. The van der Waals surface area contributed by atoms with E-state index in [1.807, 2.05) is 19.1 Å². The number of rotatable bonds is 5. The number of hydrogen-bond donors (Lipinski definition) is 2. The van der Waals surface area contributed by atoms with E-state index < -0.39 is 5.91 Å². The highest BCUT2D eigenvalue weighted by Crippen LogP contribution is 2.12. The van der Waals surface area contributed by atoms with Gasteiger partial charge in [0.05, 0.1) is 0 Å². The smallest absolute Gasteiger partial charge is 0.269 e. The second-order valence-corrected chi connectivity index (χ2v) is 6.16. The van der Waals surface area contributed by atoms with Crippen molar-refractivity contribution in [3.63, 3.8) is 0 Å². The molecule has 0 fully saturated rings. The van der Waals surface area contributed by atoms with Crippen molar-refractivity contribution in [2.75, 3.05) is 0 Å². The van der Waals surface area contributed by atoms with Gasteiger partial charge >= 0.3 is 0 Å². The summed E-state index contributed by atoms with van der Waals surface area (Å²) >= 11 is 3.30. The van der Waals surface area contributed by atoms with Crippen LogP contribution in [-0.4, -0.2) is 17.6 Å². The summed E-state index contributed by atoms with van der Waals surface area (Å²) < 4.78 is 0.885. The lowest BCUT2D eigenvalue weighted by atomic mass is 10.1. The molecule has 6 heteroatoms. The molecule has 2 N–H and O–H groups in total. The van der Waals surface area contributed by atoms with Crippen LogP contribution < -0.4 is 10.9 Å². The minimum atomic E-state index is -0.414. The van der Waals surface area contributed by atoms with Crippen LogP contribution in [-0.2, 0) is 4.79 Å². The SMILES string of the molecule is Cc1ccccc1C(=O)NNC(=O)CCC(=O)c1ccc(Br)cc1. The standard InChI is InChI=1S/C18H17BrN2O3/c1-12-4-2-3-5-15(12)18(24)21-20-17(23)11-10-16(22)13-6-8-14(19)9-7-13/h2-9H,10-11H2,1H3,(H,20,23)(H,21,24). The molecule has 0 radical (unpaired) electrons. The third kappa shape index (κ3) is 5.03. The molecule has 0 aromatic heterocycles. The number of hydrogen-bond acceptors (Lipinski definition) is 3. The van der Waals surface area contributed by atoms with Gasteiger partial charge < -0.3 is 0 Å². The molecule has 124 valence electrons. The molecule has 0 aliphatic heterocycles. The van der Waals surface area contributed by atoms with E-state index in [0.717, 1.165) is 10.0 Å². The third-order valence-electron chi connectivity index (χ3n) is 3.45. The number of carbonyl (C=O) groups is 3. The van der Waals surface area contributed by atoms with Crippen LogP contribution in [0, 0.1) is 6.92 Å². The molecule has 0 heterocycles. The van der Waals surface area contributed by atoms with Gasteiger partial charge in [0.25, 0.3) is 5.91 Å². The van der Waals surface area contributed by atoms with E-state index in [1.54, 1.807) is 36.4 Å². The van der Waals surface area contributed by atoms with Gasteiger partial charge in [-0.3, -0.25) is 25.2 Å². The summed E-state index contributed by atoms with van der Waals surface area (Å²) in [5.41, 5.74) is 6.54. The lowest BCUT2D eigenvalue weighted by Gasteiger charge is -2.09. The first-order chi connectivity index (χ1) is 11.5. The van der Waals surface area contributed by atoms with Crippen LogP contribution in [0.15, 0.2) is 53.0 Å². The molecule has 0 bridgehead atoms. The van der Waals surface area contributed by atoms with Crippen molar-refractivity contribution in [3.8, 4) is 0 Å². The monoisotopic (exact) mass is 388 g/mol. The van der Waals surface area contributed by atoms with Crippen molar-refractivity contribution >= 4 is 33.5 Å². The Kier molecular flexibility index (Phi) is 6.26. The van der Waals surface area contributed by atoms with E-state index in [2.05, 4.69) is 26.8 Å². The van der Waals surface area contributed by atoms with Gasteiger partial charge in [0, 0.05) is 28.4 Å². The molecule has 2 aromatic rings. The first kappa shape index (κ1) is 17.9. The van der Waals surface area contributed by atoms with Crippen molar-refractivity contribution in [1.82, 2.24) is 10.9 Å². The zero-order valence-electron chi connectivity index (χ0n) is 13.1. The molecule has 24 heavy (non-hydrogen) atoms. The molecular weight excluding hydrogens is 372 g/mol. The molecule has 0 saturated heterocycles. The normalized spacial score (nSPS) is 10.1. The van der Waals surface area contributed by atoms with Gasteiger partial charge in [-0.2, -0.15) is 0 Å². The average Bonchev–Trinajstić information content (AvgIpc) is 2.58. The summed E-state index contributed by atoms with van der Waals surface area (Å²) in [7, 11) is 0. The number of Topliss-reactive ketones (excluding diaryl/α,β-unsaturated/α-hetero) is 1. The van der Waals surface area contributed by atoms with Crippen molar-refractivity contribution in [1.29, 1.82) is 0 Å². The summed E-state index contributed by atoms with van der Waals surface area (Å²) in [6, 6.07) is 14.0. The molecule has 2 amide bonds. The summed E-state index contributed by atoms with van der Waals surface area (Å²) in [6.07, 6.45) is 0.0800. The molecule has 0 atom stereocenters. The Morgan fingerprint density at radius 2 is 1.58 bits per heavy atom. The minimum Gasteiger partial charge on any atom is -0.294 e. The van der Waals surface area contributed by atoms with Gasteiger partial charge in [0.1, 0.15) is 0 Å². The highest BCUT2D eigenvalue weighted by atomic mass is 79.9. The fourth-order valence-corrected chi connectivity index (χ4v) is 2.36. The first-order valence-electron chi connectivity index (χ1n) is 7.41. The lowest BCUT2D eigenvalue weighted by Crippen LogP contribution is -2.41. The van der Waals surface area contributed by atoms with Gasteiger partial charge in [0.2, 0.25) is 5.91 Å². The largest absolute Gasteiger partial charge is 0.294 e. The van der Waals surface area contributed by atoms with Gasteiger partial charge in [-0.15, -0.1) is 0 Å². The van der Waals surface area contributed by atoms with Crippen LogP contribution >= 0.6 is 15.9 Å². The second kappa shape index (κ2) is 8.40. The fraction of sp³-hybridized carbons (Fsp3) is 0.167. The molecule has 0 unspecified atom stereocenters. The highest BCUT2D eigenvalue weighted by Gasteiger charge is 2.11. The van der Waals surface area contributed by atoms with Gasteiger partial charge in [-0.25, -0.2) is 0 Å². The molecule has 0 spiro atoms. The van der Waals surface area contributed by atoms with Gasteiger partial charge in [-0.1, -0.05) is 46.3 Å². The number of carbonyl (C=O) groups excluding carboxylic acids is 3. The first-order valence-corrected chi connectivity index (χ1v) is 8.20. The summed E-state index contributed by atoms with van der Waals surface area (Å²) in [5, 5.41) is 0. The predicted octanol–water partition coefficient (Wildman–Crippen LogP) is 3.18. The Labute approximate surface area is 148 Å². The topological polar surface area (TPSA) is 75.3 Å². The third-order valence-corrected chi connectivity index (χ3v) is 3.98. The second-order valence-electron chi connectivity index (χ2n) is 5.25. The molecule has 0 aliphatic carbocycles. The maximum absolute atomic E-state index is 12.0. The van der Waals surface area contributed by atoms with Crippen molar-refractivity contribution < 1.29 is 14.4 Å². The quantitative estimate of drug-likeness (QED) is 0.609. The number of halogens is 1. The minimum absolute atomic E-state index is 0.00293. The van der Waals surface area contributed by atoms with Crippen LogP contribution in [0.3, 0.4) is 0 Å². The predicted molar refractivity (Wildman–Crippen MR) is 94.5 cm³/mol. The molecule has 0 saturated carbocycles. The Balaban J connectivity index is 1.79. The number of amides is 2. The zero-order valence-corrected chi connectivity index (χ0v) is 14.7. The number of nitrogens with one attached hydrogen (secondary N) is 2. The van der Waals surface area contributed by atoms with Crippen LogP contribution in [0.25, 0.3) is 0 Å². The highest BCUT2D eigenvalue weighted by molar-refractivity contribution is 9.10. The summed E-state index contributed by atoms with van der Waals surface area (Å²) in [4.78, 5) is 35.7. The number of hydrazine groups is 1. The molecule has 5 nitrogen and oxygen atoms in total. The van der Waals surface area contributed by atoms with E-state index in [1.165, 1.54) is 0 Å². The Hall–Kier alpha value is -2.47. The van der Waals surface area contributed by atoms with Crippen LogP contribution in [0.5, 0.6) is 0 Å². The van der Waals surface area contributed by atoms with Crippen LogP contribution in [0.1, 0.15) is 39.1 Å². The van der Waals surface area contributed by atoms with E-state index in [-0.39, 0.29) is 24.5 Å². The van der Waals surface area contributed by atoms with Crippen LogP contribution in [0.2, 0.25) is 0 Å². The van der Waals surface area contributed by atoms with Gasteiger partial charge in [0.15, 0.2) is 5.78 Å². The average molecular weight is 389 g/mol. The molecule has 0 aliphatic rings. The Bertz CT molecular complexity index is 757. The number of benzene rings is 2. The molecule has 2 rings (SSSR count). The Morgan fingerprint density at radius 1 is 0.917 bits per heavy atom. The van der Waals surface area contributed by atoms with Gasteiger partial charge in [-0.05, 0) is 30.7 Å². The van der Waals surface area contributed by atoms with Crippen molar-refractivity contribution in [2.45, 2.75) is 19.8 Å². The lowest BCUT2D eigenvalue weighted by molar-refractivity contribution is -0.121. The zero-order chi connectivity index (χ0) is 17.5. The van der Waals surface area contributed by atoms with E-state index in [4.69, 9.17) is 0 Å². The van der Waals surface area contributed by atoms with Crippen LogP contribution in [0.4, 0.5) is 0 Å². The summed E-state index contributed by atoms with van der Waals surface area (Å²) in [5.74, 6) is -0.925. The summed E-state index contributed by atoms with van der Waals surface area (Å²) in [6.45, 7) is 1.81. The van der Waals surface area contributed by atoms with E-state index in [9.17, 15) is 14.4 Å².